The van der Waals surface area contributed by atoms with E-state index in [1.165, 1.54) is 6.26 Å². The topological polar surface area (TPSA) is 101 Å². The summed E-state index contributed by atoms with van der Waals surface area (Å²) in [5, 5.41) is 9.20. The van der Waals surface area contributed by atoms with Crippen LogP contribution in [0, 0.1) is 0 Å². The van der Waals surface area contributed by atoms with Crippen molar-refractivity contribution in [1.82, 2.24) is 15.2 Å². The Morgan fingerprint density at radius 3 is 2.81 bits per heavy atom. The smallest absolute Gasteiger partial charge is 0.285 e. The lowest BCUT2D eigenvalue weighted by Crippen LogP contribution is -2.10. The summed E-state index contributed by atoms with van der Waals surface area (Å²) in [6.07, 6.45) is 5.13. The van der Waals surface area contributed by atoms with E-state index in [1.807, 2.05) is 30.5 Å². The van der Waals surface area contributed by atoms with E-state index in [4.69, 9.17) is 10.2 Å². The standard InChI is InChI=1S/C20H14N4O2/c21-20(25)19-14(5-7-26-19)15-8-11(9-18-16(15)10-23-24-18)12-2-1-3-17-13(12)4-6-22-17/h1-10,22H,(H2,21,25)(H,23,24). The second-order valence-electron chi connectivity index (χ2n) is 6.13. The first kappa shape index (κ1) is 14.5. The molecule has 6 heteroatoms. The molecule has 1 amide bonds. The van der Waals surface area contributed by atoms with E-state index in [9.17, 15) is 4.79 Å². The van der Waals surface area contributed by atoms with Gasteiger partial charge in [-0.15, -0.1) is 0 Å². The molecule has 3 aromatic heterocycles. The number of carbonyl (C=O) groups excluding carboxylic acids is 1. The second kappa shape index (κ2) is 5.35. The summed E-state index contributed by atoms with van der Waals surface area (Å²) in [6.45, 7) is 0. The summed E-state index contributed by atoms with van der Waals surface area (Å²) < 4.78 is 5.30. The maximum absolute atomic E-state index is 11.7. The fourth-order valence-electron chi connectivity index (χ4n) is 3.48. The predicted molar refractivity (Wildman–Crippen MR) is 99.6 cm³/mol. The van der Waals surface area contributed by atoms with Crippen molar-refractivity contribution < 1.29 is 9.21 Å². The van der Waals surface area contributed by atoms with Gasteiger partial charge in [0.25, 0.3) is 5.91 Å². The quantitative estimate of drug-likeness (QED) is 0.460. The molecule has 0 atom stereocenters. The number of amides is 1. The van der Waals surface area contributed by atoms with Crippen LogP contribution in [0.3, 0.4) is 0 Å². The number of nitrogens with zero attached hydrogens (tertiary/aromatic N) is 1. The van der Waals surface area contributed by atoms with Gasteiger partial charge in [-0.05, 0) is 47.0 Å². The van der Waals surface area contributed by atoms with Gasteiger partial charge in [-0.25, -0.2) is 0 Å². The van der Waals surface area contributed by atoms with Gasteiger partial charge in [0.15, 0.2) is 5.76 Å². The van der Waals surface area contributed by atoms with E-state index in [0.29, 0.717) is 5.56 Å². The SMILES string of the molecule is NC(=O)c1occc1-c1cc(-c2cccc3[nH]ccc23)cc2[nH]ncc12. The maximum atomic E-state index is 11.7. The van der Waals surface area contributed by atoms with Crippen molar-refractivity contribution in [2.45, 2.75) is 0 Å². The number of hydrogen-bond donors (Lipinski definition) is 3. The Morgan fingerprint density at radius 2 is 1.92 bits per heavy atom. The van der Waals surface area contributed by atoms with Crippen molar-refractivity contribution in [3.05, 3.63) is 66.9 Å². The Kier molecular flexibility index (Phi) is 2.99. The fourth-order valence-corrected chi connectivity index (χ4v) is 3.48. The van der Waals surface area contributed by atoms with E-state index in [-0.39, 0.29) is 5.76 Å². The number of fused-ring (bicyclic) bond motifs is 2. The number of nitrogens with one attached hydrogen (secondary N) is 2. The zero-order valence-electron chi connectivity index (χ0n) is 13.6. The Hall–Kier alpha value is -3.80. The van der Waals surface area contributed by atoms with Gasteiger partial charge in [-0.1, -0.05) is 12.1 Å². The third-order valence-corrected chi connectivity index (χ3v) is 4.64. The average Bonchev–Trinajstić information content (AvgIpc) is 3.38. The highest BCUT2D eigenvalue weighted by Gasteiger charge is 2.18. The summed E-state index contributed by atoms with van der Waals surface area (Å²) >= 11 is 0. The van der Waals surface area contributed by atoms with Crippen molar-refractivity contribution in [1.29, 1.82) is 0 Å². The van der Waals surface area contributed by atoms with Crippen molar-refractivity contribution >= 4 is 27.7 Å². The molecule has 4 N–H and O–H groups in total. The van der Waals surface area contributed by atoms with E-state index in [2.05, 4.69) is 27.3 Å². The van der Waals surface area contributed by atoms with E-state index < -0.39 is 5.91 Å². The highest BCUT2D eigenvalue weighted by atomic mass is 16.3. The van der Waals surface area contributed by atoms with Gasteiger partial charge in [0, 0.05) is 28.0 Å². The molecule has 0 aliphatic rings. The number of primary amides is 1. The summed E-state index contributed by atoms with van der Waals surface area (Å²) in [6, 6.07) is 14.0. The molecule has 2 aromatic carbocycles. The van der Waals surface area contributed by atoms with Gasteiger partial charge in [0.05, 0.1) is 18.0 Å². The van der Waals surface area contributed by atoms with Crippen LogP contribution in [0.5, 0.6) is 0 Å². The lowest BCUT2D eigenvalue weighted by molar-refractivity contribution is 0.0975. The largest absolute Gasteiger partial charge is 0.459 e. The summed E-state index contributed by atoms with van der Waals surface area (Å²) in [5.41, 5.74) is 11.0. The zero-order chi connectivity index (χ0) is 17.7. The highest BCUT2D eigenvalue weighted by Crippen LogP contribution is 2.37. The number of aromatic nitrogens is 3. The van der Waals surface area contributed by atoms with Crippen LogP contribution in [0.25, 0.3) is 44.1 Å². The van der Waals surface area contributed by atoms with Crippen molar-refractivity contribution in [3.8, 4) is 22.3 Å². The molecule has 126 valence electrons. The van der Waals surface area contributed by atoms with Crippen LogP contribution in [0.2, 0.25) is 0 Å². The Morgan fingerprint density at radius 1 is 1.00 bits per heavy atom. The maximum Gasteiger partial charge on any atom is 0.285 e. The first-order valence-electron chi connectivity index (χ1n) is 8.13. The average molecular weight is 342 g/mol. The molecule has 0 saturated heterocycles. The fraction of sp³-hybridized carbons (Fsp3) is 0. The summed E-state index contributed by atoms with van der Waals surface area (Å²) in [4.78, 5) is 15.0. The molecule has 0 aliphatic carbocycles. The van der Waals surface area contributed by atoms with Crippen LogP contribution in [0.15, 0.2) is 65.5 Å². The number of benzene rings is 2. The van der Waals surface area contributed by atoms with Crippen LogP contribution in [-0.4, -0.2) is 21.1 Å². The van der Waals surface area contributed by atoms with Gasteiger partial charge >= 0.3 is 0 Å². The number of H-pyrrole nitrogens is 2. The van der Waals surface area contributed by atoms with Gasteiger partial charge in [0.1, 0.15) is 0 Å². The second-order valence-corrected chi connectivity index (χ2v) is 6.13. The van der Waals surface area contributed by atoms with Crippen molar-refractivity contribution in [2.75, 3.05) is 0 Å². The third-order valence-electron chi connectivity index (χ3n) is 4.64. The molecule has 0 unspecified atom stereocenters. The van der Waals surface area contributed by atoms with Gasteiger partial charge in [-0.2, -0.15) is 5.10 Å². The molecule has 0 radical (unpaired) electrons. The van der Waals surface area contributed by atoms with Crippen LogP contribution in [0.1, 0.15) is 10.6 Å². The Bertz CT molecular complexity index is 1280. The molecule has 5 rings (SSSR count). The number of aromatic amines is 2. The molecular weight excluding hydrogens is 328 g/mol. The number of hydrogen-bond acceptors (Lipinski definition) is 3. The van der Waals surface area contributed by atoms with Gasteiger partial charge < -0.3 is 15.1 Å². The molecule has 0 spiro atoms. The van der Waals surface area contributed by atoms with Crippen LogP contribution < -0.4 is 5.73 Å². The molecule has 6 nitrogen and oxygen atoms in total. The minimum atomic E-state index is -0.597. The first-order chi connectivity index (χ1) is 12.7. The van der Waals surface area contributed by atoms with Gasteiger partial charge in [0.2, 0.25) is 0 Å². The first-order valence-corrected chi connectivity index (χ1v) is 8.13. The number of rotatable bonds is 3. The minimum absolute atomic E-state index is 0.143. The zero-order valence-corrected chi connectivity index (χ0v) is 13.6. The molecule has 5 aromatic rings. The van der Waals surface area contributed by atoms with Crippen molar-refractivity contribution in [3.63, 3.8) is 0 Å². The Balaban J connectivity index is 1.83. The summed E-state index contributed by atoms with van der Waals surface area (Å²) in [5.74, 6) is -0.454. The van der Waals surface area contributed by atoms with E-state index >= 15 is 0 Å². The van der Waals surface area contributed by atoms with Gasteiger partial charge in [-0.3, -0.25) is 9.89 Å². The van der Waals surface area contributed by atoms with E-state index in [1.54, 1.807) is 12.3 Å². The minimum Gasteiger partial charge on any atom is -0.459 e. The van der Waals surface area contributed by atoms with Crippen molar-refractivity contribution in [2.24, 2.45) is 5.73 Å². The third kappa shape index (κ3) is 2.05. The number of nitrogens with two attached hydrogens (primary N) is 1. The predicted octanol–water partition coefficient (Wildman–Crippen LogP) is 4.07. The molecule has 0 bridgehead atoms. The Labute approximate surface area is 147 Å². The van der Waals surface area contributed by atoms with Crippen LogP contribution in [0.4, 0.5) is 0 Å². The number of carbonyl (C=O) groups is 1. The molecule has 0 saturated carbocycles. The molecule has 0 aliphatic heterocycles. The highest BCUT2D eigenvalue weighted by molar-refractivity contribution is 6.06. The molecular formula is C20H14N4O2. The lowest BCUT2D eigenvalue weighted by atomic mass is 9.94. The van der Waals surface area contributed by atoms with E-state index in [0.717, 1.165) is 38.5 Å². The monoisotopic (exact) mass is 342 g/mol. The normalized spacial score (nSPS) is 11.4. The molecule has 3 heterocycles. The molecule has 0 fully saturated rings. The van der Waals surface area contributed by atoms with Crippen LogP contribution in [-0.2, 0) is 0 Å². The molecule has 26 heavy (non-hydrogen) atoms. The lowest BCUT2D eigenvalue weighted by Gasteiger charge is -2.09. The van der Waals surface area contributed by atoms with Crippen LogP contribution >= 0.6 is 0 Å². The summed E-state index contributed by atoms with van der Waals surface area (Å²) in [7, 11) is 0. The number of furan rings is 1.